The van der Waals surface area contributed by atoms with Crippen LogP contribution in [0.3, 0.4) is 0 Å². The molecule has 2 aromatic rings. The quantitative estimate of drug-likeness (QED) is 0.906. The van der Waals surface area contributed by atoms with E-state index in [1.807, 2.05) is 6.92 Å². The Morgan fingerprint density at radius 3 is 3.09 bits per heavy atom. The minimum atomic E-state index is -0.130. The average Bonchev–Trinajstić information content (AvgIpc) is 3.19. The maximum atomic E-state index is 12.1. The smallest absolute Gasteiger partial charge is 0.267 e. The average molecular weight is 313 g/mol. The molecule has 2 aliphatic rings. The highest BCUT2D eigenvalue weighted by molar-refractivity contribution is 5.49. The van der Waals surface area contributed by atoms with Crippen LogP contribution < -0.4 is 10.9 Å². The predicted molar refractivity (Wildman–Crippen MR) is 84.6 cm³/mol. The van der Waals surface area contributed by atoms with Gasteiger partial charge in [-0.05, 0) is 32.3 Å². The SMILES string of the molecule is Cc1ccc(=O)n(C2COCC2Nc2ncnc3c2CCC3)n1. The van der Waals surface area contributed by atoms with Crippen molar-refractivity contribution >= 4 is 5.82 Å². The van der Waals surface area contributed by atoms with Crippen molar-refractivity contribution in [2.24, 2.45) is 0 Å². The number of rotatable bonds is 3. The monoisotopic (exact) mass is 313 g/mol. The fourth-order valence-electron chi connectivity index (χ4n) is 3.34. The standard InChI is InChI=1S/C16H19N5O2/c1-10-5-6-15(22)21(20-10)14-8-23-7-13(14)19-16-11-3-2-4-12(11)17-9-18-16/h5-6,9,13-14H,2-4,7-8H2,1H3,(H,17,18,19). The summed E-state index contributed by atoms with van der Waals surface area (Å²) in [4.78, 5) is 20.9. The number of nitrogens with zero attached hydrogens (tertiary/aromatic N) is 4. The van der Waals surface area contributed by atoms with Gasteiger partial charge in [0.25, 0.3) is 5.56 Å². The molecule has 0 aromatic carbocycles. The summed E-state index contributed by atoms with van der Waals surface area (Å²) in [6.45, 7) is 2.89. The molecule has 7 nitrogen and oxygen atoms in total. The molecule has 7 heteroatoms. The molecule has 120 valence electrons. The highest BCUT2D eigenvalue weighted by Gasteiger charge is 2.32. The molecule has 0 radical (unpaired) electrons. The van der Waals surface area contributed by atoms with Crippen molar-refractivity contribution in [3.63, 3.8) is 0 Å². The van der Waals surface area contributed by atoms with Gasteiger partial charge in [0.15, 0.2) is 0 Å². The molecule has 4 rings (SSSR count). The van der Waals surface area contributed by atoms with Crippen molar-refractivity contribution in [2.45, 2.75) is 38.3 Å². The van der Waals surface area contributed by atoms with Gasteiger partial charge in [0, 0.05) is 17.3 Å². The van der Waals surface area contributed by atoms with E-state index in [-0.39, 0.29) is 17.6 Å². The molecule has 23 heavy (non-hydrogen) atoms. The zero-order valence-electron chi connectivity index (χ0n) is 13.0. The third-order valence-electron chi connectivity index (χ3n) is 4.52. The van der Waals surface area contributed by atoms with Gasteiger partial charge in [-0.2, -0.15) is 5.10 Å². The third kappa shape index (κ3) is 2.61. The fourth-order valence-corrected chi connectivity index (χ4v) is 3.34. The van der Waals surface area contributed by atoms with Crippen LogP contribution in [0, 0.1) is 6.92 Å². The lowest BCUT2D eigenvalue weighted by atomic mass is 10.1. The van der Waals surface area contributed by atoms with E-state index in [1.165, 1.54) is 10.2 Å². The number of hydrogen-bond donors (Lipinski definition) is 1. The summed E-state index contributed by atoms with van der Waals surface area (Å²) in [5.74, 6) is 0.869. The van der Waals surface area contributed by atoms with Gasteiger partial charge in [0.05, 0.1) is 24.9 Å². The summed E-state index contributed by atoms with van der Waals surface area (Å²) in [6, 6.07) is 3.13. The maximum Gasteiger partial charge on any atom is 0.267 e. The van der Waals surface area contributed by atoms with Crippen molar-refractivity contribution in [1.82, 2.24) is 19.7 Å². The van der Waals surface area contributed by atoms with E-state index in [0.29, 0.717) is 13.2 Å². The molecular weight excluding hydrogens is 294 g/mol. The van der Waals surface area contributed by atoms with Crippen LogP contribution in [-0.4, -0.2) is 39.0 Å². The Morgan fingerprint density at radius 2 is 2.17 bits per heavy atom. The molecular formula is C16H19N5O2. The third-order valence-corrected chi connectivity index (χ3v) is 4.52. The van der Waals surface area contributed by atoms with Crippen molar-refractivity contribution in [3.05, 3.63) is 45.8 Å². The van der Waals surface area contributed by atoms with Crippen LogP contribution in [0.2, 0.25) is 0 Å². The maximum absolute atomic E-state index is 12.1. The lowest BCUT2D eigenvalue weighted by Gasteiger charge is -2.22. The van der Waals surface area contributed by atoms with Gasteiger partial charge >= 0.3 is 0 Å². The molecule has 2 aromatic heterocycles. The first-order valence-corrected chi connectivity index (χ1v) is 7.96. The highest BCUT2D eigenvalue weighted by Crippen LogP contribution is 2.28. The molecule has 1 fully saturated rings. The second-order valence-electron chi connectivity index (χ2n) is 6.11. The molecule has 0 bridgehead atoms. The van der Waals surface area contributed by atoms with Gasteiger partial charge in [-0.15, -0.1) is 0 Å². The Morgan fingerprint density at radius 1 is 1.26 bits per heavy atom. The topological polar surface area (TPSA) is 81.9 Å². The Hall–Kier alpha value is -2.28. The van der Waals surface area contributed by atoms with E-state index in [1.54, 1.807) is 18.5 Å². The number of aromatic nitrogens is 4. The highest BCUT2D eigenvalue weighted by atomic mass is 16.5. The Balaban J connectivity index is 1.63. The lowest BCUT2D eigenvalue weighted by molar-refractivity contribution is 0.182. The van der Waals surface area contributed by atoms with Crippen LogP contribution in [0.4, 0.5) is 5.82 Å². The largest absolute Gasteiger partial charge is 0.377 e. The number of hydrogen-bond acceptors (Lipinski definition) is 6. The lowest BCUT2D eigenvalue weighted by Crippen LogP contribution is -2.37. The molecule has 1 N–H and O–H groups in total. The van der Waals surface area contributed by atoms with Crippen molar-refractivity contribution in [3.8, 4) is 0 Å². The number of fused-ring (bicyclic) bond motifs is 1. The van der Waals surface area contributed by atoms with E-state index in [9.17, 15) is 4.79 Å². The number of nitrogens with one attached hydrogen (secondary N) is 1. The number of ether oxygens (including phenoxy) is 1. The van der Waals surface area contributed by atoms with Crippen LogP contribution in [0.1, 0.15) is 29.4 Å². The van der Waals surface area contributed by atoms with Gasteiger partial charge in [-0.1, -0.05) is 0 Å². The van der Waals surface area contributed by atoms with Crippen LogP contribution in [0.15, 0.2) is 23.3 Å². The first-order valence-electron chi connectivity index (χ1n) is 7.96. The molecule has 0 spiro atoms. The van der Waals surface area contributed by atoms with Gasteiger partial charge in [0.1, 0.15) is 18.2 Å². The van der Waals surface area contributed by atoms with E-state index < -0.39 is 0 Å². The zero-order chi connectivity index (χ0) is 15.8. The number of aryl methyl sites for hydroxylation is 2. The summed E-state index contributed by atoms with van der Waals surface area (Å²) >= 11 is 0. The first kappa shape index (κ1) is 14.3. The Labute approximate surface area is 133 Å². The molecule has 0 saturated carbocycles. The molecule has 2 atom stereocenters. The summed E-state index contributed by atoms with van der Waals surface area (Å²) in [6.07, 6.45) is 4.73. The van der Waals surface area contributed by atoms with Crippen LogP contribution in [0.25, 0.3) is 0 Å². The van der Waals surface area contributed by atoms with E-state index in [4.69, 9.17) is 4.74 Å². The molecule has 0 amide bonds. The predicted octanol–water partition coefficient (Wildman–Crippen LogP) is 0.882. The molecule has 2 unspecified atom stereocenters. The first-order chi connectivity index (χ1) is 11.2. The Kier molecular flexibility index (Phi) is 3.57. The molecule has 3 heterocycles. The van der Waals surface area contributed by atoms with Crippen molar-refractivity contribution in [1.29, 1.82) is 0 Å². The van der Waals surface area contributed by atoms with E-state index in [0.717, 1.165) is 36.5 Å². The fraction of sp³-hybridized carbons (Fsp3) is 0.500. The van der Waals surface area contributed by atoms with Gasteiger partial charge in [-0.3, -0.25) is 4.79 Å². The summed E-state index contributed by atoms with van der Waals surface area (Å²) in [5, 5.41) is 7.83. The summed E-state index contributed by atoms with van der Waals surface area (Å²) < 4.78 is 7.13. The molecule has 1 aliphatic carbocycles. The second-order valence-corrected chi connectivity index (χ2v) is 6.11. The minimum Gasteiger partial charge on any atom is -0.377 e. The van der Waals surface area contributed by atoms with E-state index in [2.05, 4.69) is 20.4 Å². The van der Waals surface area contributed by atoms with Crippen LogP contribution >= 0.6 is 0 Å². The van der Waals surface area contributed by atoms with E-state index >= 15 is 0 Å². The Bertz CT molecular complexity index is 788. The molecule has 1 saturated heterocycles. The van der Waals surface area contributed by atoms with Crippen LogP contribution in [-0.2, 0) is 17.6 Å². The molecule has 1 aliphatic heterocycles. The van der Waals surface area contributed by atoms with Crippen molar-refractivity contribution < 1.29 is 4.74 Å². The minimum absolute atomic E-state index is 0.0263. The zero-order valence-corrected chi connectivity index (χ0v) is 13.0. The second kappa shape index (κ2) is 5.73. The normalized spacial score (nSPS) is 23.0. The van der Waals surface area contributed by atoms with Crippen molar-refractivity contribution in [2.75, 3.05) is 18.5 Å². The van der Waals surface area contributed by atoms with Gasteiger partial charge in [0.2, 0.25) is 0 Å². The summed E-state index contributed by atoms with van der Waals surface area (Å²) in [7, 11) is 0. The van der Waals surface area contributed by atoms with Gasteiger partial charge in [-0.25, -0.2) is 14.6 Å². The van der Waals surface area contributed by atoms with Gasteiger partial charge < -0.3 is 10.1 Å². The van der Waals surface area contributed by atoms with Crippen LogP contribution in [0.5, 0.6) is 0 Å². The number of anilines is 1. The summed E-state index contributed by atoms with van der Waals surface area (Å²) in [5.41, 5.74) is 3.04.